The highest BCUT2D eigenvalue weighted by atomic mass is 16.6. The minimum atomic E-state index is -0.550. The molecule has 0 amide bonds. The first-order valence-electron chi connectivity index (χ1n) is 13.7. The van der Waals surface area contributed by atoms with Gasteiger partial charge in [0.2, 0.25) is 5.82 Å². The number of nitro groups is 1. The van der Waals surface area contributed by atoms with Crippen LogP contribution in [0.15, 0.2) is 30.6 Å². The zero-order valence-electron chi connectivity index (χ0n) is 22.4. The highest BCUT2D eigenvalue weighted by Gasteiger charge is 2.25. The number of carbonyl (C=O) groups is 1. The van der Waals surface area contributed by atoms with E-state index in [1.165, 1.54) is 115 Å². The van der Waals surface area contributed by atoms with Crippen LogP contribution in [0.1, 0.15) is 107 Å². The topological polar surface area (TPSA) is 116 Å². The van der Waals surface area contributed by atoms with Gasteiger partial charge in [-0.25, -0.2) is 9.78 Å². The minimum absolute atomic E-state index is 0.135. The zero-order chi connectivity index (χ0) is 26.7. The lowest BCUT2D eigenvalue weighted by molar-refractivity contribution is -0.385. The molecule has 2 rings (SSSR count). The van der Waals surface area contributed by atoms with Crippen molar-refractivity contribution in [2.75, 3.05) is 19.0 Å². The summed E-state index contributed by atoms with van der Waals surface area (Å²) in [6.45, 7) is 2.84. The van der Waals surface area contributed by atoms with Crippen LogP contribution in [0.2, 0.25) is 0 Å². The second-order valence-corrected chi connectivity index (χ2v) is 9.27. The van der Waals surface area contributed by atoms with Crippen molar-refractivity contribution in [3.05, 3.63) is 46.3 Å². The minimum Gasteiger partial charge on any atom is -0.465 e. The van der Waals surface area contributed by atoms with Crippen LogP contribution in [0.5, 0.6) is 11.6 Å². The third-order valence-electron chi connectivity index (χ3n) is 6.28. The molecule has 9 heteroatoms. The summed E-state index contributed by atoms with van der Waals surface area (Å²) in [5.74, 6) is -0.188. The number of hydrogen-bond donors (Lipinski definition) is 1. The second-order valence-electron chi connectivity index (χ2n) is 9.27. The fourth-order valence-corrected chi connectivity index (χ4v) is 4.15. The Kier molecular flexibility index (Phi) is 14.7. The molecule has 204 valence electrons. The number of aromatic nitrogens is 2. The molecule has 37 heavy (non-hydrogen) atoms. The van der Waals surface area contributed by atoms with Crippen LogP contribution >= 0.6 is 0 Å². The number of ether oxygens (including phenoxy) is 2. The Morgan fingerprint density at radius 1 is 0.865 bits per heavy atom. The van der Waals surface area contributed by atoms with E-state index in [1.807, 2.05) is 0 Å². The summed E-state index contributed by atoms with van der Waals surface area (Å²) in [5, 5.41) is 14.8. The molecular formula is C28H42N4O5. The molecule has 1 aromatic carbocycles. The van der Waals surface area contributed by atoms with Gasteiger partial charge in [0.15, 0.2) is 0 Å². The van der Waals surface area contributed by atoms with Crippen LogP contribution in [-0.2, 0) is 4.74 Å². The van der Waals surface area contributed by atoms with Crippen LogP contribution in [0, 0.1) is 10.1 Å². The van der Waals surface area contributed by atoms with Gasteiger partial charge < -0.3 is 14.8 Å². The lowest BCUT2D eigenvalue weighted by atomic mass is 10.0. The quantitative estimate of drug-likeness (QED) is 0.0821. The van der Waals surface area contributed by atoms with Crippen molar-refractivity contribution in [2.45, 2.75) is 96.8 Å². The van der Waals surface area contributed by atoms with E-state index in [1.54, 1.807) is 0 Å². The van der Waals surface area contributed by atoms with Gasteiger partial charge in [-0.15, -0.1) is 0 Å². The Hall–Kier alpha value is -3.23. The van der Waals surface area contributed by atoms with Gasteiger partial charge in [-0.1, -0.05) is 90.4 Å². The molecule has 0 atom stereocenters. The van der Waals surface area contributed by atoms with E-state index >= 15 is 0 Å². The summed E-state index contributed by atoms with van der Waals surface area (Å²) in [5.41, 5.74) is 0.0347. The lowest BCUT2D eigenvalue weighted by Crippen LogP contribution is -2.08. The highest BCUT2D eigenvalue weighted by molar-refractivity contribution is 5.89. The van der Waals surface area contributed by atoms with Crippen molar-refractivity contribution < 1.29 is 19.2 Å². The maximum Gasteiger partial charge on any atom is 0.373 e. The van der Waals surface area contributed by atoms with Crippen molar-refractivity contribution in [2.24, 2.45) is 0 Å². The molecule has 0 aliphatic carbocycles. The average molecular weight is 515 g/mol. The number of nitrogens with one attached hydrogen (secondary N) is 1. The fourth-order valence-electron chi connectivity index (χ4n) is 4.15. The molecule has 0 aliphatic rings. The highest BCUT2D eigenvalue weighted by Crippen LogP contribution is 2.34. The van der Waals surface area contributed by atoms with Crippen molar-refractivity contribution in [1.82, 2.24) is 9.97 Å². The summed E-state index contributed by atoms with van der Waals surface area (Å²) in [6, 6.07) is 6.09. The molecule has 1 aromatic heterocycles. The molecule has 0 aliphatic heterocycles. The number of hydrogen-bond acceptors (Lipinski definition) is 8. The molecule has 2 aromatic rings. The number of benzene rings is 1. The van der Waals surface area contributed by atoms with E-state index in [9.17, 15) is 14.9 Å². The van der Waals surface area contributed by atoms with Crippen LogP contribution in [-0.4, -0.2) is 34.5 Å². The van der Waals surface area contributed by atoms with E-state index in [0.29, 0.717) is 17.9 Å². The molecule has 1 N–H and O–H groups in total. The Labute approximate surface area is 220 Å². The van der Waals surface area contributed by atoms with E-state index in [0.717, 1.165) is 12.8 Å². The third-order valence-corrected chi connectivity index (χ3v) is 6.28. The van der Waals surface area contributed by atoms with Crippen molar-refractivity contribution in [1.29, 1.82) is 0 Å². The first-order valence-corrected chi connectivity index (χ1v) is 13.7. The van der Waals surface area contributed by atoms with Gasteiger partial charge in [-0.2, -0.15) is 4.98 Å². The van der Waals surface area contributed by atoms with E-state index in [4.69, 9.17) is 4.74 Å². The summed E-state index contributed by atoms with van der Waals surface area (Å²) in [7, 11) is 1.30. The fraction of sp³-hybridized carbons (Fsp3) is 0.607. The maximum atomic E-state index is 11.7. The molecule has 0 bridgehead atoms. The smallest absolute Gasteiger partial charge is 0.373 e. The number of unbranched alkanes of at least 4 members (excludes halogenated alkanes) is 13. The van der Waals surface area contributed by atoms with E-state index < -0.39 is 10.9 Å². The third kappa shape index (κ3) is 11.6. The predicted octanol–water partition coefficient (Wildman–Crippen LogP) is 7.86. The molecule has 1 heterocycles. The Morgan fingerprint density at radius 2 is 1.41 bits per heavy atom. The van der Waals surface area contributed by atoms with Gasteiger partial charge >= 0.3 is 17.5 Å². The van der Waals surface area contributed by atoms with Gasteiger partial charge in [0, 0.05) is 6.54 Å². The number of rotatable bonds is 20. The Bertz CT molecular complexity index is 937. The largest absolute Gasteiger partial charge is 0.465 e. The molecular weight excluding hydrogens is 472 g/mol. The molecule has 0 spiro atoms. The Balaban J connectivity index is 1.67. The molecule has 0 fully saturated rings. The van der Waals surface area contributed by atoms with E-state index in [-0.39, 0.29) is 17.4 Å². The monoisotopic (exact) mass is 514 g/mol. The van der Waals surface area contributed by atoms with Crippen LogP contribution < -0.4 is 10.1 Å². The van der Waals surface area contributed by atoms with Gasteiger partial charge in [0.25, 0.3) is 0 Å². The van der Waals surface area contributed by atoms with Crippen LogP contribution in [0.4, 0.5) is 11.5 Å². The van der Waals surface area contributed by atoms with Crippen LogP contribution in [0.25, 0.3) is 0 Å². The number of methoxy groups -OCH3 is 1. The number of carbonyl (C=O) groups excluding carboxylic acids is 1. The molecule has 0 radical (unpaired) electrons. The maximum absolute atomic E-state index is 11.7. The number of esters is 1. The summed E-state index contributed by atoms with van der Waals surface area (Å²) in [6.07, 6.45) is 19.1. The number of nitrogens with zero attached hydrogens (tertiary/aromatic N) is 3. The van der Waals surface area contributed by atoms with Crippen LogP contribution in [0.3, 0.4) is 0 Å². The second kappa shape index (κ2) is 18.1. The van der Waals surface area contributed by atoms with Crippen molar-refractivity contribution >= 4 is 17.5 Å². The van der Waals surface area contributed by atoms with Gasteiger partial charge in [0.05, 0.1) is 17.6 Å². The van der Waals surface area contributed by atoms with Crippen molar-refractivity contribution in [3.63, 3.8) is 0 Å². The normalized spacial score (nSPS) is 10.8. The average Bonchev–Trinajstić information content (AvgIpc) is 2.90. The number of anilines is 1. The summed E-state index contributed by atoms with van der Waals surface area (Å²) >= 11 is 0. The first-order chi connectivity index (χ1) is 18.1. The lowest BCUT2D eigenvalue weighted by Gasteiger charge is -2.10. The zero-order valence-corrected chi connectivity index (χ0v) is 22.4. The van der Waals surface area contributed by atoms with Gasteiger partial charge in [-0.3, -0.25) is 10.1 Å². The first kappa shape index (κ1) is 30.0. The molecule has 9 nitrogen and oxygen atoms in total. The standard InChI is InChI=1S/C28H42N4O5/c1-3-4-5-6-7-8-9-10-11-12-13-14-15-16-21-29-26-25(32(34)35)27(31-22-30-26)37-24-19-17-23(18-20-24)28(33)36-2/h17-20,22H,3-16,21H2,1-2H3,(H,29,30,31). The Morgan fingerprint density at radius 3 is 1.92 bits per heavy atom. The molecule has 0 saturated heterocycles. The summed E-state index contributed by atoms with van der Waals surface area (Å²) < 4.78 is 10.3. The van der Waals surface area contributed by atoms with Crippen molar-refractivity contribution in [3.8, 4) is 11.6 Å². The van der Waals surface area contributed by atoms with Gasteiger partial charge in [-0.05, 0) is 30.7 Å². The predicted molar refractivity (Wildman–Crippen MR) is 145 cm³/mol. The molecule has 0 saturated carbocycles. The van der Waals surface area contributed by atoms with E-state index in [2.05, 4.69) is 26.9 Å². The summed E-state index contributed by atoms with van der Waals surface area (Å²) in [4.78, 5) is 30.7. The SMILES string of the molecule is CCCCCCCCCCCCCCCCNc1ncnc(Oc2ccc(C(=O)OC)cc2)c1[N+](=O)[O-]. The molecule has 0 unspecified atom stereocenters. The van der Waals surface area contributed by atoms with Gasteiger partial charge in [0.1, 0.15) is 12.1 Å².